The number of aromatic nitrogens is 3. The minimum Gasteiger partial charge on any atom is -0.344 e. The molecule has 1 saturated heterocycles. The highest BCUT2D eigenvalue weighted by molar-refractivity contribution is 6.06. The van der Waals surface area contributed by atoms with Gasteiger partial charge in [-0.1, -0.05) is 20.8 Å². The van der Waals surface area contributed by atoms with E-state index in [1.165, 1.54) is 0 Å². The monoisotopic (exact) mass is 408 g/mol. The van der Waals surface area contributed by atoms with Gasteiger partial charge in [0.1, 0.15) is 11.6 Å². The zero-order valence-electron chi connectivity index (χ0n) is 17.7. The lowest BCUT2D eigenvalue weighted by Gasteiger charge is -2.37. The van der Waals surface area contributed by atoms with Crippen LogP contribution in [0.5, 0.6) is 0 Å². The molecule has 2 amide bonds. The lowest BCUT2D eigenvalue weighted by molar-refractivity contribution is -0.137. The largest absolute Gasteiger partial charge is 0.344 e. The highest BCUT2D eigenvalue weighted by Gasteiger charge is 2.38. The summed E-state index contributed by atoms with van der Waals surface area (Å²) in [5.41, 5.74) is 1.94. The second-order valence-electron chi connectivity index (χ2n) is 9.49. The van der Waals surface area contributed by atoms with E-state index < -0.39 is 11.5 Å². The van der Waals surface area contributed by atoms with E-state index in [1.54, 1.807) is 17.3 Å². The molecule has 0 bridgehead atoms. The molecule has 2 aromatic heterocycles. The predicted octanol–water partition coefficient (Wildman–Crippen LogP) is 2.74. The summed E-state index contributed by atoms with van der Waals surface area (Å²) >= 11 is 0. The van der Waals surface area contributed by atoms with Gasteiger partial charge in [0.15, 0.2) is 5.65 Å². The fourth-order valence-corrected chi connectivity index (χ4v) is 3.98. The van der Waals surface area contributed by atoms with E-state index in [-0.39, 0.29) is 17.7 Å². The smallest absolute Gasteiger partial charge is 0.255 e. The number of hydrogen-bond acceptors (Lipinski definition) is 5. The molecule has 30 heavy (non-hydrogen) atoms. The Balaban J connectivity index is 1.57. The molecule has 4 rings (SSSR count). The number of fused-ring (bicyclic) bond motifs is 1. The summed E-state index contributed by atoms with van der Waals surface area (Å²) in [5, 5.41) is 12.2. The van der Waals surface area contributed by atoms with Crippen LogP contribution in [0.1, 0.15) is 68.4 Å². The minimum atomic E-state index is -0.702. The van der Waals surface area contributed by atoms with Gasteiger partial charge in [0.05, 0.1) is 29.4 Å². The van der Waals surface area contributed by atoms with Gasteiger partial charge < -0.3 is 15.2 Å². The van der Waals surface area contributed by atoms with Crippen molar-refractivity contribution in [1.29, 1.82) is 5.26 Å². The molecule has 1 aliphatic carbocycles. The van der Waals surface area contributed by atoms with Crippen LogP contribution in [0.3, 0.4) is 0 Å². The van der Waals surface area contributed by atoms with E-state index in [0.29, 0.717) is 35.7 Å². The topological polar surface area (TPSA) is 115 Å². The average Bonchev–Trinajstić information content (AvgIpc) is 3.49. The van der Waals surface area contributed by atoms with Crippen LogP contribution in [0.4, 0.5) is 0 Å². The standard InChI is InChI=1S/C22H28N6O2/c1-22(2,3)18(21(30)28-8-4-5-13(9-23)12-28)27-20(29)15-10-24-19-17(15)26-16(11-25-19)14-6-7-14/h10-11,13-14,18H,4-8,12H2,1-3H3,(H,24,25)(H,27,29)/t13-,18-/m0/s1. The Bertz CT molecular complexity index is 1010. The van der Waals surface area contributed by atoms with Crippen molar-refractivity contribution < 1.29 is 9.59 Å². The molecule has 2 aliphatic rings. The minimum absolute atomic E-state index is 0.139. The zero-order valence-corrected chi connectivity index (χ0v) is 17.7. The number of H-pyrrole nitrogens is 1. The number of aromatic amines is 1. The van der Waals surface area contributed by atoms with Gasteiger partial charge in [-0.2, -0.15) is 5.26 Å². The van der Waals surface area contributed by atoms with Crippen molar-refractivity contribution in [2.45, 2.75) is 58.4 Å². The maximum Gasteiger partial charge on any atom is 0.255 e. The van der Waals surface area contributed by atoms with Crippen molar-refractivity contribution in [3.05, 3.63) is 23.7 Å². The Morgan fingerprint density at radius 3 is 2.77 bits per heavy atom. The van der Waals surface area contributed by atoms with E-state index in [9.17, 15) is 14.9 Å². The van der Waals surface area contributed by atoms with Gasteiger partial charge in [-0.25, -0.2) is 9.97 Å². The van der Waals surface area contributed by atoms with Crippen LogP contribution in [0, 0.1) is 22.7 Å². The summed E-state index contributed by atoms with van der Waals surface area (Å²) in [7, 11) is 0. The summed E-state index contributed by atoms with van der Waals surface area (Å²) in [6.07, 6.45) is 7.19. The van der Waals surface area contributed by atoms with Crippen molar-refractivity contribution in [2.24, 2.45) is 11.3 Å². The number of nitriles is 1. The fourth-order valence-electron chi connectivity index (χ4n) is 3.98. The number of nitrogens with one attached hydrogen (secondary N) is 2. The molecule has 0 radical (unpaired) electrons. The number of nitrogens with zero attached hydrogens (tertiary/aromatic N) is 4. The summed E-state index contributed by atoms with van der Waals surface area (Å²) < 4.78 is 0. The second-order valence-corrected chi connectivity index (χ2v) is 9.49. The van der Waals surface area contributed by atoms with E-state index in [1.807, 2.05) is 20.8 Å². The highest BCUT2D eigenvalue weighted by Crippen LogP contribution is 2.39. The third kappa shape index (κ3) is 4.02. The van der Waals surface area contributed by atoms with E-state index in [0.717, 1.165) is 31.4 Å². The van der Waals surface area contributed by atoms with Crippen LogP contribution >= 0.6 is 0 Å². The van der Waals surface area contributed by atoms with Crippen molar-refractivity contribution >= 4 is 23.0 Å². The summed E-state index contributed by atoms with van der Waals surface area (Å²) in [6, 6.07) is 1.57. The second kappa shape index (κ2) is 7.71. The first kappa shape index (κ1) is 20.3. The van der Waals surface area contributed by atoms with Gasteiger partial charge in [-0.3, -0.25) is 9.59 Å². The van der Waals surface area contributed by atoms with Crippen LogP contribution in [-0.2, 0) is 4.79 Å². The Labute approximate surface area is 176 Å². The molecule has 158 valence electrons. The van der Waals surface area contributed by atoms with Gasteiger partial charge in [-0.15, -0.1) is 0 Å². The SMILES string of the molecule is CC(C)(C)[C@@H](NC(=O)c1c[nH]c2ncc(C3CC3)nc12)C(=O)N1CCC[C@@H](C#N)C1. The van der Waals surface area contributed by atoms with Gasteiger partial charge in [-0.05, 0) is 31.1 Å². The van der Waals surface area contributed by atoms with Gasteiger partial charge >= 0.3 is 0 Å². The number of hydrogen-bond donors (Lipinski definition) is 2. The summed E-state index contributed by atoms with van der Waals surface area (Å²) in [4.78, 5) is 40.2. The van der Waals surface area contributed by atoms with Crippen molar-refractivity contribution in [1.82, 2.24) is 25.2 Å². The van der Waals surface area contributed by atoms with Gasteiger partial charge in [0.2, 0.25) is 5.91 Å². The highest BCUT2D eigenvalue weighted by atomic mass is 16.2. The molecule has 2 N–H and O–H groups in total. The first-order valence-corrected chi connectivity index (χ1v) is 10.6. The molecule has 8 nitrogen and oxygen atoms in total. The Morgan fingerprint density at radius 1 is 1.33 bits per heavy atom. The van der Waals surface area contributed by atoms with Crippen LogP contribution in [0.2, 0.25) is 0 Å². The summed E-state index contributed by atoms with van der Waals surface area (Å²) in [6.45, 7) is 6.83. The molecule has 0 unspecified atom stereocenters. The normalized spacial score (nSPS) is 20.6. The molecule has 1 saturated carbocycles. The van der Waals surface area contributed by atoms with Crippen LogP contribution in [-0.4, -0.2) is 50.8 Å². The van der Waals surface area contributed by atoms with E-state index in [2.05, 4.69) is 26.3 Å². The number of amides is 2. The van der Waals surface area contributed by atoms with E-state index >= 15 is 0 Å². The molecule has 8 heteroatoms. The quantitative estimate of drug-likeness (QED) is 0.807. The molecule has 2 aromatic rings. The van der Waals surface area contributed by atoms with Crippen molar-refractivity contribution in [2.75, 3.05) is 13.1 Å². The molecule has 1 aliphatic heterocycles. The number of rotatable bonds is 4. The Morgan fingerprint density at radius 2 is 2.10 bits per heavy atom. The third-order valence-electron chi connectivity index (χ3n) is 5.94. The molecular formula is C22H28N6O2. The fraction of sp³-hybridized carbons (Fsp3) is 0.591. The molecule has 0 aromatic carbocycles. The number of likely N-dealkylation sites (tertiary alicyclic amines) is 1. The maximum atomic E-state index is 13.3. The van der Waals surface area contributed by atoms with Gasteiger partial charge in [0.25, 0.3) is 5.91 Å². The molecule has 2 fully saturated rings. The third-order valence-corrected chi connectivity index (χ3v) is 5.94. The van der Waals surface area contributed by atoms with Crippen LogP contribution < -0.4 is 5.32 Å². The van der Waals surface area contributed by atoms with Crippen LogP contribution in [0.15, 0.2) is 12.4 Å². The lowest BCUT2D eigenvalue weighted by atomic mass is 9.85. The molecular weight excluding hydrogens is 380 g/mol. The first-order chi connectivity index (χ1) is 14.3. The summed E-state index contributed by atoms with van der Waals surface area (Å²) in [5.74, 6) is -0.196. The Kier molecular flexibility index (Phi) is 5.22. The number of piperidine rings is 1. The van der Waals surface area contributed by atoms with E-state index in [4.69, 9.17) is 0 Å². The molecule has 2 atom stereocenters. The predicted molar refractivity (Wildman–Crippen MR) is 111 cm³/mol. The maximum absolute atomic E-state index is 13.3. The molecule has 3 heterocycles. The van der Waals surface area contributed by atoms with Crippen molar-refractivity contribution in [3.63, 3.8) is 0 Å². The van der Waals surface area contributed by atoms with Crippen LogP contribution in [0.25, 0.3) is 11.2 Å². The van der Waals surface area contributed by atoms with Crippen molar-refractivity contribution in [3.8, 4) is 6.07 Å². The number of carbonyl (C=O) groups excluding carboxylic acids is 2. The molecule has 0 spiro atoms. The average molecular weight is 409 g/mol. The first-order valence-electron chi connectivity index (χ1n) is 10.6. The Hall–Kier alpha value is -2.95. The van der Waals surface area contributed by atoms with Gasteiger partial charge in [0, 0.05) is 25.2 Å². The number of carbonyl (C=O) groups is 2. The zero-order chi connectivity index (χ0) is 21.5. The lowest BCUT2D eigenvalue weighted by Crippen LogP contribution is -2.56.